The second kappa shape index (κ2) is 4.36. The minimum absolute atomic E-state index is 0.727. The van der Waals surface area contributed by atoms with Crippen LogP contribution in [0, 0.1) is 12.8 Å². The molecule has 0 aromatic heterocycles. The van der Waals surface area contributed by atoms with E-state index in [1.807, 2.05) is 0 Å². The van der Waals surface area contributed by atoms with Crippen molar-refractivity contribution in [3.63, 3.8) is 0 Å². The van der Waals surface area contributed by atoms with Gasteiger partial charge in [0.05, 0.1) is 0 Å². The van der Waals surface area contributed by atoms with Crippen LogP contribution in [0.2, 0.25) is 0 Å². The van der Waals surface area contributed by atoms with Gasteiger partial charge in [0.2, 0.25) is 0 Å². The Morgan fingerprint density at radius 3 is 2.73 bits per heavy atom. The first-order valence-corrected chi connectivity index (χ1v) is 5.92. The lowest BCUT2D eigenvalue weighted by Crippen LogP contribution is -2.35. The third kappa shape index (κ3) is 2.23. The molecule has 1 aromatic carbocycles. The Labute approximate surface area is 93.1 Å². The molecule has 0 radical (unpaired) electrons. The van der Waals surface area contributed by atoms with Gasteiger partial charge in [0.1, 0.15) is 0 Å². The molecule has 1 fully saturated rings. The predicted octanol–water partition coefficient (Wildman–Crippen LogP) is 3.05. The number of piperidine rings is 1. The van der Waals surface area contributed by atoms with Crippen molar-refractivity contribution in [1.29, 1.82) is 0 Å². The Morgan fingerprint density at radius 2 is 2.00 bits per heavy atom. The minimum atomic E-state index is 0.727. The van der Waals surface area contributed by atoms with E-state index in [0.717, 1.165) is 11.8 Å². The molecule has 1 aliphatic rings. The SMILES string of the molecule is Cc1ccccc1C1CN(C)CC[C@H]1C. The van der Waals surface area contributed by atoms with E-state index in [9.17, 15) is 0 Å². The third-order valence-electron chi connectivity index (χ3n) is 3.75. The second-order valence-electron chi connectivity index (χ2n) is 4.99. The normalized spacial score (nSPS) is 27.9. The van der Waals surface area contributed by atoms with Gasteiger partial charge < -0.3 is 4.90 Å². The van der Waals surface area contributed by atoms with Crippen LogP contribution >= 0.6 is 0 Å². The molecule has 1 heteroatoms. The highest BCUT2D eigenvalue weighted by atomic mass is 15.1. The van der Waals surface area contributed by atoms with Crippen molar-refractivity contribution < 1.29 is 0 Å². The third-order valence-corrected chi connectivity index (χ3v) is 3.75. The largest absolute Gasteiger partial charge is 0.306 e. The quantitative estimate of drug-likeness (QED) is 0.678. The standard InChI is InChI=1S/C14H21N/c1-11-6-4-5-7-13(11)14-10-15(3)9-8-12(14)2/h4-7,12,14H,8-10H2,1-3H3/t12-,14?/m1/s1. The number of likely N-dealkylation sites (N-methyl/N-ethyl adjacent to an activating group) is 1. The van der Waals surface area contributed by atoms with Crippen molar-refractivity contribution in [1.82, 2.24) is 4.90 Å². The number of benzene rings is 1. The lowest BCUT2D eigenvalue weighted by Gasteiger charge is -2.36. The summed E-state index contributed by atoms with van der Waals surface area (Å²) >= 11 is 0. The van der Waals surface area contributed by atoms with Crippen LogP contribution in [0.5, 0.6) is 0 Å². The maximum atomic E-state index is 2.46. The first kappa shape index (κ1) is 10.7. The summed E-state index contributed by atoms with van der Waals surface area (Å²) in [7, 11) is 2.23. The van der Waals surface area contributed by atoms with Crippen molar-refractivity contribution in [2.75, 3.05) is 20.1 Å². The van der Waals surface area contributed by atoms with Gasteiger partial charge in [0, 0.05) is 6.54 Å². The van der Waals surface area contributed by atoms with E-state index >= 15 is 0 Å². The molecule has 1 unspecified atom stereocenters. The first-order chi connectivity index (χ1) is 7.18. The van der Waals surface area contributed by atoms with Crippen molar-refractivity contribution in [3.05, 3.63) is 35.4 Å². The number of likely N-dealkylation sites (tertiary alicyclic amines) is 1. The van der Waals surface area contributed by atoms with Gasteiger partial charge in [-0.3, -0.25) is 0 Å². The van der Waals surface area contributed by atoms with Crippen LogP contribution in [0.4, 0.5) is 0 Å². The number of aryl methyl sites for hydroxylation is 1. The minimum Gasteiger partial charge on any atom is -0.306 e. The maximum Gasteiger partial charge on any atom is 0.00499 e. The Balaban J connectivity index is 2.25. The first-order valence-electron chi connectivity index (χ1n) is 5.92. The van der Waals surface area contributed by atoms with E-state index in [1.54, 1.807) is 5.56 Å². The van der Waals surface area contributed by atoms with Gasteiger partial charge in [-0.25, -0.2) is 0 Å². The topological polar surface area (TPSA) is 3.24 Å². The lowest BCUT2D eigenvalue weighted by atomic mass is 9.80. The van der Waals surface area contributed by atoms with E-state index in [-0.39, 0.29) is 0 Å². The summed E-state index contributed by atoms with van der Waals surface area (Å²) in [5.74, 6) is 1.55. The number of nitrogens with zero attached hydrogens (tertiary/aromatic N) is 1. The van der Waals surface area contributed by atoms with E-state index in [2.05, 4.69) is 50.1 Å². The average molecular weight is 203 g/mol. The fraction of sp³-hybridized carbons (Fsp3) is 0.571. The molecule has 1 nitrogen and oxygen atoms in total. The summed E-state index contributed by atoms with van der Waals surface area (Å²) in [5, 5.41) is 0. The predicted molar refractivity (Wildman–Crippen MR) is 65.2 cm³/mol. The Morgan fingerprint density at radius 1 is 1.27 bits per heavy atom. The van der Waals surface area contributed by atoms with Crippen molar-refractivity contribution >= 4 is 0 Å². The van der Waals surface area contributed by atoms with Gasteiger partial charge in [0.15, 0.2) is 0 Å². The van der Waals surface area contributed by atoms with Gasteiger partial charge in [-0.05, 0) is 49.9 Å². The molecule has 1 saturated heterocycles. The number of hydrogen-bond acceptors (Lipinski definition) is 1. The van der Waals surface area contributed by atoms with Crippen LogP contribution in [0.15, 0.2) is 24.3 Å². The van der Waals surface area contributed by atoms with E-state index < -0.39 is 0 Å². The van der Waals surface area contributed by atoms with E-state index in [4.69, 9.17) is 0 Å². The van der Waals surface area contributed by atoms with Crippen LogP contribution in [-0.4, -0.2) is 25.0 Å². The highest BCUT2D eigenvalue weighted by Gasteiger charge is 2.26. The highest BCUT2D eigenvalue weighted by Crippen LogP contribution is 2.32. The molecule has 0 bridgehead atoms. The molecular formula is C14H21N. The second-order valence-corrected chi connectivity index (χ2v) is 4.99. The Hall–Kier alpha value is -0.820. The molecule has 0 spiro atoms. The summed E-state index contributed by atoms with van der Waals surface area (Å²) in [4.78, 5) is 2.46. The molecule has 1 aromatic rings. The fourth-order valence-electron chi connectivity index (χ4n) is 2.64. The number of rotatable bonds is 1. The van der Waals surface area contributed by atoms with Crippen LogP contribution in [0.25, 0.3) is 0 Å². The summed E-state index contributed by atoms with van der Waals surface area (Å²) in [6.45, 7) is 7.09. The van der Waals surface area contributed by atoms with E-state index in [1.165, 1.54) is 25.1 Å². The molecule has 1 heterocycles. The molecule has 0 amide bonds. The average Bonchev–Trinajstić information content (AvgIpc) is 2.23. The molecule has 1 aliphatic heterocycles. The van der Waals surface area contributed by atoms with Gasteiger partial charge in [-0.1, -0.05) is 31.2 Å². The maximum absolute atomic E-state index is 2.46. The van der Waals surface area contributed by atoms with Crippen molar-refractivity contribution in [2.24, 2.45) is 5.92 Å². The lowest BCUT2D eigenvalue weighted by molar-refractivity contribution is 0.199. The summed E-state index contributed by atoms with van der Waals surface area (Å²) in [5.41, 5.74) is 3.00. The summed E-state index contributed by atoms with van der Waals surface area (Å²) in [6.07, 6.45) is 1.33. The molecule has 82 valence electrons. The zero-order valence-electron chi connectivity index (χ0n) is 10.0. The van der Waals surface area contributed by atoms with Gasteiger partial charge in [-0.2, -0.15) is 0 Å². The molecule has 0 aliphatic carbocycles. The van der Waals surface area contributed by atoms with Gasteiger partial charge in [0.25, 0.3) is 0 Å². The molecule has 0 N–H and O–H groups in total. The van der Waals surface area contributed by atoms with Gasteiger partial charge in [-0.15, -0.1) is 0 Å². The highest BCUT2D eigenvalue weighted by molar-refractivity contribution is 5.30. The molecule has 2 rings (SSSR count). The summed E-state index contributed by atoms with van der Waals surface area (Å²) in [6, 6.07) is 8.84. The smallest absolute Gasteiger partial charge is 0.00499 e. The fourth-order valence-corrected chi connectivity index (χ4v) is 2.64. The van der Waals surface area contributed by atoms with Crippen LogP contribution in [0.1, 0.15) is 30.4 Å². The molecule has 15 heavy (non-hydrogen) atoms. The Bertz CT molecular complexity index is 332. The summed E-state index contributed by atoms with van der Waals surface area (Å²) < 4.78 is 0. The van der Waals surface area contributed by atoms with Crippen molar-refractivity contribution in [2.45, 2.75) is 26.2 Å². The Kier molecular flexibility index (Phi) is 3.11. The van der Waals surface area contributed by atoms with Crippen LogP contribution in [-0.2, 0) is 0 Å². The van der Waals surface area contributed by atoms with Crippen molar-refractivity contribution in [3.8, 4) is 0 Å². The zero-order chi connectivity index (χ0) is 10.8. The molecular weight excluding hydrogens is 182 g/mol. The van der Waals surface area contributed by atoms with Gasteiger partial charge >= 0.3 is 0 Å². The van der Waals surface area contributed by atoms with Crippen LogP contribution in [0.3, 0.4) is 0 Å². The van der Waals surface area contributed by atoms with E-state index in [0.29, 0.717) is 0 Å². The zero-order valence-corrected chi connectivity index (χ0v) is 10.0. The number of hydrogen-bond donors (Lipinski definition) is 0. The van der Waals surface area contributed by atoms with Crippen LogP contribution < -0.4 is 0 Å². The molecule has 0 saturated carbocycles. The molecule has 2 atom stereocenters. The monoisotopic (exact) mass is 203 g/mol.